The quantitative estimate of drug-likeness (QED) is 0.640. The van der Waals surface area contributed by atoms with Crippen molar-refractivity contribution >= 4 is 28.3 Å². The van der Waals surface area contributed by atoms with E-state index in [2.05, 4.69) is 29.4 Å². The molecule has 1 N–H and O–H groups in total. The summed E-state index contributed by atoms with van der Waals surface area (Å²) < 4.78 is 5.00. The van der Waals surface area contributed by atoms with E-state index in [4.69, 9.17) is 10.00 Å². The largest absolute Gasteiger partial charge is 0.452 e. The molecule has 1 aromatic heterocycles. The van der Waals surface area contributed by atoms with Crippen LogP contribution in [-0.2, 0) is 16.0 Å². The highest BCUT2D eigenvalue weighted by molar-refractivity contribution is 7.14. The van der Waals surface area contributed by atoms with Crippen molar-refractivity contribution in [2.24, 2.45) is 0 Å². The number of ether oxygens (including phenoxy) is 1. The number of aromatic nitrogens is 1. The summed E-state index contributed by atoms with van der Waals surface area (Å²) >= 11 is 1.30. The monoisotopic (exact) mass is 391 g/mol. The van der Waals surface area contributed by atoms with Gasteiger partial charge in [-0.1, -0.05) is 31.2 Å². The highest BCUT2D eigenvalue weighted by atomic mass is 32.1. The molecule has 0 saturated carbocycles. The zero-order valence-electron chi connectivity index (χ0n) is 15.1. The lowest BCUT2D eigenvalue weighted by Gasteiger charge is -2.05. The van der Waals surface area contributed by atoms with E-state index in [0.717, 1.165) is 17.7 Å². The Kier molecular flexibility index (Phi) is 6.14. The number of benzene rings is 2. The van der Waals surface area contributed by atoms with Crippen LogP contribution in [0.4, 0.5) is 5.13 Å². The van der Waals surface area contributed by atoms with Crippen molar-refractivity contribution in [3.63, 3.8) is 0 Å². The molecule has 0 atom stereocenters. The van der Waals surface area contributed by atoms with Crippen LogP contribution in [0.25, 0.3) is 11.3 Å². The van der Waals surface area contributed by atoms with Gasteiger partial charge in [-0.15, -0.1) is 11.3 Å². The van der Waals surface area contributed by atoms with Gasteiger partial charge in [0.05, 0.1) is 22.9 Å². The minimum absolute atomic E-state index is 0.277. The molecule has 140 valence electrons. The Morgan fingerprint density at radius 2 is 1.86 bits per heavy atom. The number of rotatable bonds is 6. The van der Waals surface area contributed by atoms with Crippen LogP contribution in [0, 0.1) is 11.3 Å². The van der Waals surface area contributed by atoms with Gasteiger partial charge in [-0.3, -0.25) is 10.1 Å². The SMILES string of the molecule is CCc1ccc(-c2csc(NC(=O)COC(=O)c3ccc(C#N)cc3)n2)cc1. The van der Waals surface area contributed by atoms with Gasteiger partial charge in [-0.05, 0) is 36.2 Å². The lowest BCUT2D eigenvalue weighted by atomic mass is 10.1. The van der Waals surface area contributed by atoms with Crippen molar-refractivity contribution in [2.45, 2.75) is 13.3 Å². The van der Waals surface area contributed by atoms with Crippen molar-refractivity contribution in [3.8, 4) is 17.3 Å². The average Bonchev–Trinajstić information content (AvgIpc) is 3.20. The van der Waals surface area contributed by atoms with Crippen molar-refractivity contribution in [2.75, 3.05) is 11.9 Å². The van der Waals surface area contributed by atoms with E-state index in [1.807, 2.05) is 23.6 Å². The Morgan fingerprint density at radius 3 is 2.50 bits per heavy atom. The van der Waals surface area contributed by atoms with Crippen molar-refractivity contribution in [1.82, 2.24) is 4.98 Å². The van der Waals surface area contributed by atoms with Crippen molar-refractivity contribution in [3.05, 3.63) is 70.6 Å². The Morgan fingerprint density at radius 1 is 1.14 bits per heavy atom. The van der Waals surface area contributed by atoms with Crippen LogP contribution >= 0.6 is 11.3 Å². The van der Waals surface area contributed by atoms with E-state index in [1.165, 1.54) is 41.2 Å². The molecule has 0 saturated heterocycles. The topological polar surface area (TPSA) is 92.1 Å². The minimum atomic E-state index is -0.629. The molecule has 0 fully saturated rings. The smallest absolute Gasteiger partial charge is 0.338 e. The normalized spacial score (nSPS) is 10.1. The fourth-order valence-electron chi connectivity index (χ4n) is 2.43. The van der Waals surface area contributed by atoms with Crippen molar-refractivity contribution < 1.29 is 14.3 Å². The maximum Gasteiger partial charge on any atom is 0.338 e. The van der Waals surface area contributed by atoms with E-state index in [1.54, 1.807) is 0 Å². The third-order valence-corrected chi connectivity index (χ3v) is 4.75. The van der Waals surface area contributed by atoms with E-state index < -0.39 is 18.5 Å². The molecule has 1 heterocycles. The maximum absolute atomic E-state index is 12.0. The number of nitrogens with zero attached hydrogens (tertiary/aromatic N) is 2. The van der Waals surface area contributed by atoms with Gasteiger partial charge in [0, 0.05) is 10.9 Å². The average molecular weight is 391 g/mol. The second-order valence-electron chi connectivity index (χ2n) is 5.90. The number of nitriles is 1. The van der Waals surface area contributed by atoms with Gasteiger partial charge in [-0.25, -0.2) is 9.78 Å². The molecule has 0 spiro atoms. The highest BCUT2D eigenvalue weighted by Crippen LogP contribution is 2.25. The third kappa shape index (κ3) is 4.81. The summed E-state index contributed by atoms with van der Waals surface area (Å²) in [6.45, 7) is 1.68. The molecule has 2 aromatic carbocycles. The molecule has 28 heavy (non-hydrogen) atoms. The van der Waals surface area contributed by atoms with Crippen LogP contribution in [0.5, 0.6) is 0 Å². The summed E-state index contributed by atoms with van der Waals surface area (Å²) in [7, 11) is 0. The Bertz CT molecular complexity index is 1020. The summed E-state index contributed by atoms with van der Waals surface area (Å²) in [5.74, 6) is -1.10. The molecule has 0 aliphatic carbocycles. The molecule has 0 bridgehead atoms. The maximum atomic E-state index is 12.0. The Hall–Kier alpha value is -3.50. The number of nitrogens with one attached hydrogen (secondary N) is 1. The standard InChI is InChI=1S/C21H17N3O3S/c1-2-14-3-7-16(8-4-14)18-13-28-21(23-18)24-19(25)12-27-20(26)17-9-5-15(11-22)6-10-17/h3-10,13H,2,12H2,1H3,(H,23,24,25). The molecular formula is C21H17N3O3S. The molecule has 0 aliphatic rings. The fraction of sp³-hybridized carbons (Fsp3) is 0.143. The van der Waals surface area contributed by atoms with Gasteiger partial charge in [0.25, 0.3) is 5.91 Å². The van der Waals surface area contributed by atoms with E-state index in [0.29, 0.717) is 10.7 Å². The van der Waals surface area contributed by atoms with E-state index in [9.17, 15) is 9.59 Å². The van der Waals surface area contributed by atoms with Gasteiger partial charge >= 0.3 is 5.97 Å². The number of hydrogen-bond acceptors (Lipinski definition) is 6. The summed E-state index contributed by atoms with van der Waals surface area (Å²) in [5, 5.41) is 13.7. The van der Waals surface area contributed by atoms with E-state index >= 15 is 0 Å². The van der Waals surface area contributed by atoms with Gasteiger partial charge in [0.15, 0.2) is 11.7 Å². The number of carbonyl (C=O) groups excluding carboxylic acids is 2. The predicted molar refractivity (Wildman–Crippen MR) is 107 cm³/mol. The molecule has 7 heteroatoms. The van der Waals surface area contributed by atoms with Gasteiger partial charge in [0.1, 0.15) is 0 Å². The second kappa shape index (κ2) is 8.93. The number of thiazole rings is 1. The molecule has 0 unspecified atom stereocenters. The van der Waals surface area contributed by atoms with Crippen LogP contribution in [0.15, 0.2) is 53.9 Å². The van der Waals surface area contributed by atoms with Gasteiger partial charge in [0.2, 0.25) is 0 Å². The molecule has 1 amide bonds. The summed E-state index contributed by atoms with van der Waals surface area (Å²) in [6.07, 6.45) is 0.972. The molecule has 3 rings (SSSR count). The van der Waals surface area contributed by atoms with E-state index in [-0.39, 0.29) is 5.56 Å². The van der Waals surface area contributed by atoms with Crippen LogP contribution in [0.1, 0.15) is 28.4 Å². The van der Waals surface area contributed by atoms with Crippen LogP contribution in [0.3, 0.4) is 0 Å². The number of amides is 1. The third-order valence-electron chi connectivity index (χ3n) is 3.99. The second-order valence-corrected chi connectivity index (χ2v) is 6.76. The zero-order valence-corrected chi connectivity index (χ0v) is 16.0. The highest BCUT2D eigenvalue weighted by Gasteiger charge is 2.12. The van der Waals surface area contributed by atoms with Crippen molar-refractivity contribution in [1.29, 1.82) is 5.26 Å². The summed E-state index contributed by atoms with van der Waals surface area (Å²) in [5.41, 5.74) is 3.72. The lowest BCUT2D eigenvalue weighted by Crippen LogP contribution is -2.20. The summed E-state index contributed by atoms with van der Waals surface area (Å²) in [4.78, 5) is 28.4. The fourth-order valence-corrected chi connectivity index (χ4v) is 3.16. The Balaban J connectivity index is 1.54. The molecule has 3 aromatic rings. The number of hydrogen-bond donors (Lipinski definition) is 1. The van der Waals surface area contributed by atoms with Gasteiger partial charge < -0.3 is 4.74 Å². The first-order valence-electron chi connectivity index (χ1n) is 8.61. The van der Waals surface area contributed by atoms with Gasteiger partial charge in [-0.2, -0.15) is 5.26 Å². The zero-order chi connectivity index (χ0) is 19.9. The predicted octanol–water partition coefficient (Wildman–Crippen LogP) is 4.04. The first-order chi connectivity index (χ1) is 13.6. The molecular weight excluding hydrogens is 374 g/mol. The first-order valence-corrected chi connectivity index (χ1v) is 9.49. The number of carbonyl (C=O) groups is 2. The van der Waals surface area contributed by atoms with Crippen LogP contribution < -0.4 is 5.32 Å². The van der Waals surface area contributed by atoms with Crippen LogP contribution in [-0.4, -0.2) is 23.5 Å². The van der Waals surface area contributed by atoms with Crippen LogP contribution in [0.2, 0.25) is 0 Å². The molecule has 0 radical (unpaired) electrons. The molecule has 6 nitrogen and oxygen atoms in total. The Labute approximate surface area is 166 Å². The number of anilines is 1. The number of esters is 1. The lowest BCUT2D eigenvalue weighted by molar-refractivity contribution is -0.119. The minimum Gasteiger partial charge on any atom is -0.452 e. The first kappa shape index (κ1) is 19.3. The molecule has 0 aliphatic heterocycles. The number of aryl methyl sites for hydroxylation is 1. The summed E-state index contributed by atoms with van der Waals surface area (Å²) in [6, 6.07) is 16.1.